The van der Waals surface area contributed by atoms with Gasteiger partial charge in [0.05, 0.1) is 0 Å². The molecule has 1 aliphatic heterocycles. The van der Waals surface area contributed by atoms with Crippen LogP contribution in [0, 0.1) is 0 Å². The third-order valence-corrected chi connectivity index (χ3v) is 4.33. The lowest BCUT2D eigenvalue weighted by Crippen LogP contribution is -2.43. The zero-order chi connectivity index (χ0) is 20.2. The van der Waals surface area contributed by atoms with Crippen molar-refractivity contribution in [2.45, 2.75) is 13.0 Å². The molecule has 0 amide bonds. The summed E-state index contributed by atoms with van der Waals surface area (Å²) in [5.41, 5.74) is 4.32. The molecule has 0 atom stereocenters. The van der Waals surface area contributed by atoms with E-state index in [0.717, 1.165) is 39.1 Å². The first-order valence-corrected chi connectivity index (χ1v) is 9.22. The highest BCUT2D eigenvalue weighted by atomic mass is 16.4. The van der Waals surface area contributed by atoms with Crippen LogP contribution in [-0.4, -0.2) is 53.2 Å². The van der Waals surface area contributed by atoms with Crippen LogP contribution < -0.4 is 5.32 Å². The second-order valence-electron chi connectivity index (χ2n) is 6.47. The standard InChI is InChI=1S/C18H22N2.C4H4O4/c1-2-6-16(7-3-1)14-17-8-4-5-9-18(17)15-20-12-10-19-11-13-20;5-3(6)1-2-4(7)8/h1-9,19H,10-15H2;1-2H,(H,5,6)(H,7,8)/b;2-1-. The van der Waals surface area contributed by atoms with Crippen molar-refractivity contribution in [1.82, 2.24) is 10.2 Å². The Bertz CT molecular complexity index is 768. The molecule has 3 N–H and O–H groups in total. The van der Waals surface area contributed by atoms with Crippen LogP contribution >= 0.6 is 0 Å². The molecule has 2 aromatic carbocycles. The second kappa shape index (κ2) is 11.7. The molecular formula is C22H26N2O4. The van der Waals surface area contributed by atoms with E-state index in [1.165, 1.54) is 16.7 Å². The number of rotatable bonds is 6. The number of nitrogens with zero attached hydrogens (tertiary/aromatic N) is 1. The van der Waals surface area contributed by atoms with Crippen LogP contribution in [-0.2, 0) is 22.6 Å². The van der Waals surface area contributed by atoms with Gasteiger partial charge in [-0.2, -0.15) is 0 Å². The summed E-state index contributed by atoms with van der Waals surface area (Å²) in [5, 5.41) is 19.0. The van der Waals surface area contributed by atoms with Gasteiger partial charge in [-0.25, -0.2) is 9.59 Å². The number of carboxylic acid groups (broad SMARTS) is 2. The minimum atomic E-state index is -1.26. The van der Waals surface area contributed by atoms with Crippen LogP contribution in [0.15, 0.2) is 66.7 Å². The summed E-state index contributed by atoms with van der Waals surface area (Å²) in [6.45, 7) is 5.60. The van der Waals surface area contributed by atoms with Gasteiger partial charge in [-0.1, -0.05) is 54.6 Å². The lowest BCUT2D eigenvalue weighted by atomic mass is 9.99. The molecule has 3 rings (SSSR count). The number of aliphatic carboxylic acids is 2. The summed E-state index contributed by atoms with van der Waals surface area (Å²) >= 11 is 0. The molecule has 6 heteroatoms. The van der Waals surface area contributed by atoms with Crippen LogP contribution in [0.4, 0.5) is 0 Å². The lowest BCUT2D eigenvalue weighted by molar-refractivity contribution is -0.134. The Hall–Kier alpha value is -2.96. The van der Waals surface area contributed by atoms with Crippen molar-refractivity contribution in [2.24, 2.45) is 0 Å². The van der Waals surface area contributed by atoms with E-state index in [2.05, 4.69) is 64.8 Å². The molecule has 0 aromatic heterocycles. The summed E-state index contributed by atoms with van der Waals surface area (Å²) < 4.78 is 0. The number of benzene rings is 2. The number of hydrogen-bond acceptors (Lipinski definition) is 4. The van der Waals surface area contributed by atoms with Gasteiger partial charge in [0, 0.05) is 44.9 Å². The van der Waals surface area contributed by atoms with Crippen molar-refractivity contribution in [3.8, 4) is 0 Å². The van der Waals surface area contributed by atoms with E-state index >= 15 is 0 Å². The third kappa shape index (κ3) is 8.16. The highest BCUT2D eigenvalue weighted by Gasteiger charge is 2.12. The topological polar surface area (TPSA) is 89.9 Å². The van der Waals surface area contributed by atoms with Crippen LogP contribution in [0.3, 0.4) is 0 Å². The lowest BCUT2D eigenvalue weighted by Gasteiger charge is -2.28. The molecule has 1 fully saturated rings. The van der Waals surface area contributed by atoms with Gasteiger partial charge < -0.3 is 15.5 Å². The summed E-state index contributed by atoms with van der Waals surface area (Å²) in [5.74, 6) is -2.51. The molecule has 2 aromatic rings. The molecule has 0 radical (unpaired) electrons. The molecule has 1 aliphatic rings. The quantitative estimate of drug-likeness (QED) is 0.665. The van der Waals surface area contributed by atoms with E-state index in [9.17, 15) is 9.59 Å². The molecule has 1 saturated heterocycles. The maximum absolute atomic E-state index is 9.55. The molecule has 0 saturated carbocycles. The van der Waals surface area contributed by atoms with Crippen molar-refractivity contribution in [3.05, 3.63) is 83.4 Å². The van der Waals surface area contributed by atoms with Crippen LogP contribution in [0.25, 0.3) is 0 Å². The monoisotopic (exact) mass is 382 g/mol. The van der Waals surface area contributed by atoms with Crippen molar-refractivity contribution >= 4 is 11.9 Å². The molecule has 148 valence electrons. The summed E-state index contributed by atoms with van der Waals surface area (Å²) in [6.07, 6.45) is 2.15. The van der Waals surface area contributed by atoms with Gasteiger partial charge in [0.1, 0.15) is 0 Å². The molecule has 6 nitrogen and oxygen atoms in total. The number of piperazine rings is 1. The smallest absolute Gasteiger partial charge is 0.328 e. The Kier molecular flexibility index (Phi) is 8.91. The number of nitrogens with one attached hydrogen (secondary N) is 1. The van der Waals surface area contributed by atoms with Gasteiger partial charge in [0.2, 0.25) is 0 Å². The Labute approximate surface area is 165 Å². The minimum absolute atomic E-state index is 0.558. The Morgan fingerprint density at radius 3 is 1.96 bits per heavy atom. The Morgan fingerprint density at radius 1 is 0.857 bits per heavy atom. The SMILES string of the molecule is O=C(O)/C=C\C(=O)O.c1ccc(Cc2ccccc2CN2CCNCC2)cc1. The number of hydrogen-bond donors (Lipinski definition) is 3. The van der Waals surface area contributed by atoms with Crippen molar-refractivity contribution in [3.63, 3.8) is 0 Å². The number of carboxylic acids is 2. The molecule has 1 heterocycles. The Balaban J connectivity index is 0.000000300. The highest BCUT2D eigenvalue weighted by Crippen LogP contribution is 2.16. The van der Waals surface area contributed by atoms with E-state index < -0.39 is 11.9 Å². The largest absolute Gasteiger partial charge is 0.478 e. The highest BCUT2D eigenvalue weighted by molar-refractivity contribution is 5.89. The van der Waals surface area contributed by atoms with E-state index in [1.54, 1.807) is 0 Å². The van der Waals surface area contributed by atoms with E-state index in [0.29, 0.717) is 12.2 Å². The maximum atomic E-state index is 9.55. The Morgan fingerprint density at radius 2 is 1.39 bits per heavy atom. The van der Waals surface area contributed by atoms with Gasteiger partial charge in [-0.05, 0) is 23.1 Å². The first-order valence-electron chi connectivity index (χ1n) is 9.22. The predicted octanol–water partition coefficient (Wildman–Crippen LogP) is 2.39. The van der Waals surface area contributed by atoms with Gasteiger partial charge >= 0.3 is 11.9 Å². The molecule has 0 spiro atoms. The molecule has 28 heavy (non-hydrogen) atoms. The molecular weight excluding hydrogens is 356 g/mol. The maximum Gasteiger partial charge on any atom is 0.328 e. The molecule has 0 bridgehead atoms. The first-order chi connectivity index (χ1) is 13.5. The minimum Gasteiger partial charge on any atom is -0.478 e. The van der Waals surface area contributed by atoms with Crippen molar-refractivity contribution < 1.29 is 19.8 Å². The van der Waals surface area contributed by atoms with Crippen molar-refractivity contribution in [1.29, 1.82) is 0 Å². The van der Waals surface area contributed by atoms with Crippen LogP contribution in [0.5, 0.6) is 0 Å². The van der Waals surface area contributed by atoms with E-state index in [1.807, 2.05) is 0 Å². The zero-order valence-corrected chi connectivity index (χ0v) is 15.8. The summed E-state index contributed by atoms with van der Waals surface area (Å²) in [4.78, 5) is 21.6. The fraction of sp³-hybridized carbons (Fsp3) is 0.273. The molecule has 0 aliphatic carbocycles. The van der Waals surface area contributed by atoms with Gasteiger partial charge in [-0.3, -0.25) is 4.90 Å². The summed E-state index contributed by atoms with van der Waals surface area (Å²) in [6, 6.07) is 19.6. The van der Waals surface area contributed by atoms with Crippen LogP contribution in [0.1, 0.15) is 16.7 Å². The van der Waals surface area contributed by atoms with Gasteiger partial charge in [-0.15, -0.1) is 0 Å². The zero-order valence-electron chi connectivity index (χ0n) is 15.8. The van der Waals surface area contributed by atoms with Gasteiger partial charge in [0.25, 0.3) is 0 Å². The van der Waals surface area contributed by atoms with E-state index in [4.69, 9.17) is 10.2 Å². The second-order valence-corrected chi connectivity index (χ2v) is 6.47. The molecule has 0 unspecified atom stereocenters. The third-order valence-electron chi connectivity index (χ3n) is 4.33. The predicted molar refractivity (Wildman–Crippen MR) is 108 cm³/mol. The van der Waals surface area contributed by atoms with Gasteiger partial charge in [0.15, 0.2) is 0 Å². The normalized spacial score (nSPS) is 14.3. The van der Waals surface area contributed by atoms with Crippen LogP contribution in [0.2, 0.25) is 0 Å². The fourth-order valence-corrected chi connectivity index (χ4v) is 2.95. The number of carbonyl (C=O) groups is 2. The summed E-state index contributed by atoms with van der Waals surface area (Å²) in [7, 11) is 0. The average Bonchev–Trinajstić information content (AvgIpc) is 2.70. The van der Waals surface area contributed by atoms with E-state index in [-0.39, 0.29) is 0 Å². The fourth-order valence-electron chi connectivity index (χ4n) is 2.95. The average molecular weight is 382 g/mol. The first kappa shape index (κ1) is 21.3. The van der Waals surface area contributed by atoms with Crippen molar-refractivity contribution in [2.75, 3.05) is 26.2 Å².